The first-order valence-electron chi connectivity index (χ1n) is 8.94. The highest BCUT2D eigenvalue weighted by atomic mass is 15.1. The monoisotopic (exact) mass is 347 g/mol. The molecule has 0 aliphatic heterocycles. The number of fused-ring (bicyclic) bond motifs is 2. The molecular weight excluding hydrogens is 330 g/mol. The molecule has 128 valence electrons. The number of aliphatic imine (C=N–C) groups is 1. The Morgan fingerprint density at radius 2 is 1.52 bits per heavy atom. The summed E-state index contributed by atoms with van der Waals surface area (Å²) in [5.74, 6) is 0.839. The van der Waals surface area contributed by atoms with Gasteiger partial charge < -0.3 is 0 Å². The predicted molar refractivity (Wildman–Crippen MR) is 112 cm³/mol. The van der Waals surface area contributed by atoms with Crippen LogP contribution in [0, 0.1) is 0 Å². The summed E-state index contributed by atoms with van der Waals surface area (Å²) in [4.78, 5) is 9.72. The SMILES string of the molecule is C(=N\c1c(-c2cccc3ccccc23)nc2ccccn12)/c1ccccc1. The van der Waals surface area contributed by atoms with Crippen LogP contribution in [0.1, 0.15) is 5.56 Å². The largest absolute Gasteiger partial charge is 0.284 e. The Balaban J connectivity index is 1.76. The number of aromatic nitrogens is 2. The quantitative estimate of drug-likeness (QED) is 0.373. The average molecular weight is 347 g/mol. The molecule has 0 aliphatic rings. The Kier molecular flexibility index (Phi) is 3.76. The summed E-state index contributed by atoms with van der Waals surface area (Å²) in [5.41, 5.74) is 3.94. The second-order valence-corrected chi connectivity index (χ2v) is 6.41. The van der Waals surface area contributed by atoms with E-state index in [1.165, 1.54) is 10.8 Å². The van der Waals surface area contributed by atoms with E-state index in [0.29, 0.717) is 0 Å². The molecule has 0 bridgehead atoms. The van der Waals surface area contributed by atoms with Crippen molar-refractivity contribution in [2.75, 3.05) is 0 Å². The van der Waals surface area contributed by atoms with Crippen molar-refractivity contribution in [3.8, 4) is 11.3 Å². The summed E-state index contributed by atoms with van der Waals surface area (Å²) in [7, 11) is 0. The molecule has 5 aromatic rings. The van der Waals surface area contributed by atoms with Gasteiger partial charge in [0.05, 0.1) is 0 Å². The second-order valence-electron chi connectivity index (χ2n) is 6.41. The zero-order valence-electron chi connectivity index (χ0n) is 14.7. The van der Waals surface area contributed by atoms with Crippen LogP contribution < -0.4 is 0 Å². The molecule has 2 heterocycles. The van der Waals surface area contributed by atoms with Crippen molar-refractivity contribution in [1.82, 2.24) is 9.38 Å². The molecule has 0 unspecified atom stereocenters. The first kappa shape index (κ1) is 15.5. The lowest BCUT2D eigenvalue weighted by molar-refractivity contribution is 1.17. The molecule has 0 saturated carbocycles. The third-order valence-corrected chi connectivity index (χ3v) is 4.68. The van der Waals surface area contributed by atoms with E-state index in [-0.39, 0.29) is 0 Å². The van der Waals surface area contributed by atoms with Gasteiger partial charge in [-0.1, -0.05) is 78.9 Å². The lowest BCUT2D eigenvalue weighted by Gasteiger charge is -2.05. The molecule has 2 aromatic heterocycles. The summed E-state index contributed by atoms with van der Waals surface area (Å²) < 4.78 is 2.04. The normalized spacial score (nSPS) is 11.6. The van der Waals surface area contributed by atoms with Gasteiger partial charge in [0.1, 0.15) is 11.3 Å². The van der Waals surface area contributed by atoms with Gasteiger partial charge in [-0.15, -0.1) is 0 Å². The van der Waals surface area contributed by atoms with E-state index in [9.17, 15) is 0 Å². The molecule has 0 N–H and O–H groups in total. The molecular formula is C24H17N3. The van der Waals surface area contributed by atoms with Gasteiger partial charge in [-0.3, -0.25) is 4.40 Å². The maximum atomic E-state index is 4.89. The van der Waals surface area contributed by atoms with Crippen LogP contribution >= 0.6 is 0 Å². The zero-order chi connectivity index (χ0) is 18.1. The minimum Gasteiger partial charge on any atom is -0.284 e. The van der Waals surface area contributed by atoms with Crippen molar-refractivity contribution >= 4 is 28.5 Å². The van der Waals surface area contributed by atoms with Crippen LogP contribution in [0.5, 0.6) is 0 Å². The van der Waals surface area contributed by atoms with Crippen LogP contribution in [0.25, 0.3) is 27.7 Å². The Morgan fingerprint density at radius 1 is 0.741 bits per heavy atom. The number of rotatable bonds is 3. The van der Waals surface area contributed by atoms with Crippen LogP contribution in [-0.2, 0) is 0 Å². The molecule has 0 spiro atoms. The summed E-state index contributed by atoms with van der Waals surface area (Å²) in [5, 5.41) is 2.38. The minimum atomic E-state index is 0.839. The van der Waals surface area contributed by atoms with Gasteiger partial charge in [0.2, 0.25) is 0 Å². The molecule has 0 radical (unpaired) electrons. The topological polar surface area (TPSA) is 29.7 Å². The number of benzene rings is 3. The molecule has 0 amide bonds. The average Bonchev–Trinajstić information content (AvgIpc) is 3.11. The lowest BCUT2D eigenvalue weighted by Crippen LogP contribution is -1.85. The zero-order valence-corrected chi connectivity index (χ0v) is 14.7. The number of imidazole rings is 1. The van der Waals surface area contributed by atoms with Gasteiger partial charge in [-0.25, -0.2) is 9.98 Å². The second kappa shape index (κ2) is 6.54. The van der Waals surface area contributed by atoms with E-state index in [0.717, 1.165) is 28.3 Å². The van der Waals surface area contributed by atoms with Crippen molar-refractivity contribution < 1.29 is 0 Å². The summed E-state index contributed by atoms with van der Waals surface area (Å²) >= 11 is 0. The maximum absolute atomic E-state index is 4.89. The number of hydrogen-bond donors (Lipinski definition) is 0. The smallest absolute Gasteiger partial charge is 0.165 e. The standard InChI is InChI=1S/C24H17N3/c1-2-9-18(10-3-1)17-25-24-23(26-22-15-6-7-16-27(22)24)21-14-8-12-19-11-4-5-13-20(19)21/h1-17H/b25-17+. The molecule has 5 rings (SSSR count). The van der Waals surface area contributed by atoms with Crippen molar-refractivity contribution in [3.63, 3.8) is 0 Å². The van der Waals surface area contributed by atoms with E-state index >= 15 is 0 Å². The molecule has 3 nitrogen and oxygen atoms in total. The molecule has 0 atom stereocenters. The van der Waals surface area contributed by atoms with Gasteiger partial charge in [-0.2, -0.15) is 0 Å². The third-order valence-electron chi connectivity index (χ3n) is 4.68. The fourth-order valence-corrected chi connectivity index (χ4v) is 3.39. The number of hydrogen-bond acceptors (Lipinski definition) is 2. The molecule has 0 aliphatic carbocycles. The fraction of sp³-hybridized carbons (Fsp3) is 0. The summed E-state index contributed by atoms with van der Waals surface area (Å²) in [6.07, 6.45) is 3.90. The molecule has 27 heavy (non-hydrogen) atoms. The first-order chi connectivity index (χ1) is 13.4. The van der Waals surface area contributed by atoms with Crippen molar-refractivity contribution in [2.24, 2.45) is 4.99 Å². The van der Waals surface area contributed by atoms with E-state index < -0.39 is 0 Å². The highest BCUT2D eigenvalue weighted by molar-refractivity contribution is 5.99. The molecule has 3 aromatic carbocycles. The summed E-state index contributed by atoms with van der Waals surface area (Å²) in [6, 6.07) is 30.9. The van der Waals surface area contributed by atoms with Crippen LogP contribution in [0.15, 0.2) is 102 Å². The van der Waals surface area contributed by atoms with E-state index in [2.05, 4.69) is 42.5 Å². The lowest BCUT2D eigenvalue weighted by atomic mass is 10.0. The van der Waals surface area contributed by atoms with Crippen molar-refractivity contribution in [3.05, 3.63) is 103 Å². The Bertz CT molecular complexity index is 1260. The molecule has 3 heteroatoms. The Labute approximate surface area is 157 Å². The summed E-state index contributed by atoms with van der Waals surface area (Å²) in [6.45, 7) is 0. The van der Waals surface area contributed by atoms with Crippen molar-refractivity contribution in [1.29, 1.82) is 0 Å². The number of nitrogens with zero attached hydrogens (tertiary/aromatic N) is 3. The first-order valence-corrected chi connectivity index (χ1v) is 8.94. The van der Waals surface area contributed by atoms with Gasteiger partial charge >= 0.3 is 0 Å². The minimum absolute atomic E-state index is 0.839. The van der Waals surface area contributed by atoms with Crippen LogP contribution in [0.2, 0.25) is 0 Å². The Morgan fingerprint density at radius 3 is 2.44 bits per heavy atom. The van der Waals surface area contributed by atoms with Gasteiger partial charge in [0.15, 0.2) is 5.82 Å². The van der Waals surface area contributed by atoms with Gasteiger partial charge in [-0.05, 0) is 28.5 Å². The van der Waals surface area contributed by atoms with E-state index in [1.807, 2.05) is 65.3 Å². The number of pyridine rings is 1. The van der Waals surface area contributed by atoms with Gasteiger partial charge in [0.25, 0.3) is 0 Å². The maximum Gasteiger partial charge on any atom is 0.165 e. The van der Waals surface area contributed by atoms with E-state index in [1.54, 1.807) is 0 Å². The highest BCUT2D eigenvalue weighted by Gasteiger charge is 2.15. The van der Waals surface area contributed by atoms with Gasteiger partial charge in [0, 0.05) is 18.0 Å². The highest BCUT2D eigenvalue weighted by Crippen LogP contribution is 2.35. The fourth-order valence-electron chi connectivity index (χ4n) is 3.39. The molecule has 0 fully saturated rings. The Hall–Kier alpha value is -3.72. The molecule has 0 saturated heterocycles. The third kappa shape index (κ3) is 2.79. The predicted octanol–water partition coefficient (Wildman–Crippen LogP) is 5.91. The van der Waals surface area contributed by atoms with Crippen LogP contribution in [0.3, 0.4) is 0 Å². The van der Waals surface area contributed by atoms with Crippen molar-refractivity contribution in [2.45, 2.75) is 0 Å². The van der Waals surface area contributed by atoms with Crippen LogP contribution in [0.4, 0.5) is 5.82 Å². The van der Waals surface area contributed by atoms with Crippen LogP contribution in [-0.4, -0.2) is 15.6 Å². The van der Waals surface area contributed by atoms with E-state index in [4.69, 9.17) is 9.98 Å².